The lowest BCUT2D eigenvalue weighted by Gasteiger charge is -2.22. The number of benzene rings is 2. The highest BCUT2D eigenvalue weighted by Gasteiger charge is 2.17. The minimum Gasteiger partial charge on any atom is -0.495 e. The van der Waals surface area contributed by atoms with E-state index in [4.69, 9.17) is 22.1 Å². The van der Waals surface area contributed by atoms with Crippen molar-refractivity contribution >= 4 is 51.2 Å². The maximum absolute atomic E-state index is 12.3. The highest BCUT2D eigenvalue weighted by molar-refractivity contribution is 6.33. The van der Waals surface area contributed by atoms with E-state index in [-0.39, 0.29) is 5.91 Å². The number of anilines is 4. The minimum atomic E-state index is -0.128. The van der Waals surface area contributed by atoms with Crippen LogP contribution in [0.1, 0.15) is 18.1 Å². The zero-order chi connectivity index (χ0) is 24.2. The van der Waals surface area contributed by atoms with Crippen molar-refractivity contribution in [1.29, 1.82) is 5.26 Å². The van der Waals surface area contributed by atoms with Gasteiger partial charge in [-0.25, -0.2) is 0 Å². The fourth-order valence-corrected chi connectivity index (χ4v) is 3.82. The number of nitrogens with one attached hydrogen (secondary N) is 1. The van der Waals surface area contributed by atoms with Crippen LogP contribution in [0.5, 0.6) is 5.75 Å². The number of carbonyl (C=O) groups is 1. The van der Waals surface area contributed by atoms with Crippen LogP contribution in [-0.2, 0) is 11.3 Å². The zero-order valence-corrected chi connectivity index (χ0v) is 19.3. The Hall–Kier alpha value is -4.35. The number of hydrogen-bond donors (Lipinski definition) is 2. The molecule has 1 amide bonds. The van der Waals surface area contributed by atoms with Gasteiger partial charge in [-0.1, -0.05) is 17.7 Å². The number of rotatable bonds is 6. The molecule has 170 valence electrons. The lowest BCUT2D eigenvalue weighted by atomic mass is 10.1. The summed E-state index contributed by atoms with van der Waals surface area (Å²) >= 11 is 6.60. The molecule has 0 bridgehead atoms. The Morgan fingerprint density at radius 1 is 1.26 bits per heavy atom. The highest BCUT2D eigenvalue weighted by atomic mass is 35.5. The number of aromatic nitrogens is 2. The van der Waals surface area contributed by atoms with Crippen LogP contribution in [0.3, 0.4) is 0 Å². The number of pyridine rings is 2. The summed E-state index contributed by atoms with van der Waals surface area (Å²) in [6.45, 7) is 1.86. The Morgan fingerprint density at radius 3 is 2.74 bits per heavy atom. The predicted molar refractivity (Wildman–Crippen MR) is 133 cm³/mol. The van der Waals surface area contributed by atoms with Gasteiger partial charge in [-0.2, -0.15) is 5.26 Å². The van der Waals surface area contributed by atoms with Crippen molar-refractivity contribution in [3.63, 3.8) is 0 Å². The average molecular weight is 473 g/mol. The van der Waals surface area contributed by atoms with Crippen LogP contribution in [-0.4, -0.2) is 23.0 Å². The SMILES string of the molecule is COc1cc2ncc(C#N)c(Nc3ccc(N(Cc4cccnc4)C(C)=O)cc3Cl)c2cc1N. The molecule has 3 N–H and O–H groups in total. The van der Waals surface area contributed by atoms with Crippen molar-refractivity contribution in [3.8, 4) is 11.8 Å². The summed E-state index contributed by atoms with van der Waals surface area (Å²) in [5.41, 5.74) is 10.1. The summed E-state index contributed by atoms with van der Waals surface area (Å²) in [4.78, 5) is 22.4. The number of methoxy groups -OCH3 is 1. The van der Waals surface area contributed by atoms with E-state index in [2.05, 4.69) is 21.4 Å². The first-order valence-electron chi connectivity index (χ1n) is 10.3. The molecule has 0 spiro atoms. The summed E-state index contributed by atoms with van der Waals surface area (Å²) < 4.78 is 5.28. The van der Waals surface area contributed by atoms with Crippen molar-refractivity contribution < 1.29 is 9.53 Å². The molecule has 34 heavy (non-hydrogen) atoms. The topological polar surface area (TPSA) is 117 Å². The van der Waals surface area contributed by atoms with Crippen LogP contribution >= 0.6 is 11.6 Å². The van der Waals surface area contributed by atoms with E-state index < -0.39 is 0 Å². The van der Waals surface area contributed by atoms with Crippen LogP contribution in [0.25, 0.3) is 10.9 Å². The molecule has 0 aliphatic rings. The Balaban J connectivity index is 1.71. The summed E-state index contributed by atoms with van der Waals surface area (Å²) in [7, 11) is 1.53. The Kier molecular flexibility index (Phi) is 6.48. The summed E-state index contributed by atoms with van der Waals surface area (Å²) in [6.07, 6.45) is 4.88. The monoisotopic (exact) mass is 472 g/mol. The normalized spacial score (nSPS) is 10.5. The van der Waals surface area contributed by atoms with Crippen molar-refractivity contribution in [1.82, 2.24) is 9.97 Å². The second kappa shape index (κ2) is 9.65. The molecule has 8 nitrogen and oxygen atoms in total. The van der Waals surface area contributed by atoms with Crippen LogP contribution in [0.15, 0.2) is 61.1 Å². The second-order valence-corrected chi connectivity index (χ2v) is 7.93. The van der Waals surface area contributed by atoms with Crippen molar-refractivity contribution in [2.75, 3.05) is 23.1 Å². The molecule has 2 aromatic heterocycles. The van der Waals surface area contributed by atoms with Crippen LogP contribution < -0.4 is 20.7 Å². The van der Waals surface area contributed by atoms with E-state index in [0.29, 0.717) is 56.5 Å². The third-order valence-electron chi connectivity index (χ3n) is 5.31. The standard InChI is InChI=1S/C25H21ClN6O2/c1-15(33)32(14-16-4-3-7-29-12-16)18-5-6-22(20(26)8-18)31-25-17(11-27)13-30-23-10-24(34-2)21(28)9-19(23)25/h3-10,12-13H,14,28H2,1-2H3,(H,30,31). The smallest absolute Gasteiger partial charge is 0.224 e. The summed E-state index contributed by atoms with van der Waals surface area (Å²) in [5, 5.41) is 13.9. The lowest BCUT2D eigenvalue weighted by molar-refractivity contribution is -0.116. The van der Waals surface area contributed by atoms with Gasteiger partial charge in [0.25, 0.3) is 0 Å². The lowest BCUT2D eigenvalue weighted by Crippen LogP contribution is -2.27. The van der Waals surface area contributed by atoms with E-state index in [1.165, 1.54) is 20.2 Å². The van der Waals surface area contributed by atoms with Crippen LogP contribution in [0.2, 0.25) is 5.02 Å². The molecule has 0 unspecified atom stereocenters. The minimum absolute atomic E-state index is 0.128. The van der Waals surface area contributed by atoms with Gasteiger partial charge in [-0.05, 0) is 35.9 Å². The third kappa shape index (κ3) is 4.56. The fraction of sp³-hybridized carbons (Fsp3) is 0.120. The Morgan fingerprint density at radius 2 is 2.09 bits per heavy atom. The Bertz CT molecular complexity index is 1420. The number of nitrogens with zero attached hydrogens (tertiary/aromatic N) is 4. The number of ether oxygens (including phenoxy) is 1. The van der Waals surface area contributed by atoms with E-state index in [0.717, 1.165) is 5.56 Å². The van der Waals surface area contributed by atoms with Gasteiger partial charge in [0.2, 0.25) is 5.91 Å². The number of amides is 1. The first-order valence-corrected chi connectivity index (χ1v) is 10.7. The van der Waals surface area contributed by atoms with Gasteiger partial charge in [0, 0.05) is 42.7 Å². The van der Waals surface area contributed by atoms with Gasteiger partial charge in [0.15, 0.2) is 0 Å². The van der Waals surface area contributed by atoms with Crippen molar-refractivity contribution in [2.45, 2.75) is 13.5 Å². The molecular weight excluding hydrogens is 452 g/mol. The number of nitrogen functional groups attached to an aromatic ring is 1. The number of nitriles is 1. The summed E-state index contributed by atoms with van der Waals surface area (Å²) in [6, 6.07) is 14.5. The molecule has 0 radical (unpaired) electrons. The van der Waals surface area contributed by atoms with Crippen molar-refractivity contribution in [2.24, 2.45) is 0 Å². The first kappa shape index (κ1) is 22.8. The predicted octanol–water partition coefficient (Wildman–Crippen LogP) is 5.04. The molecule has 2 heterocycles. The molecule has 0 aliphatic carbocycles. The molecular formula is C25H21ClN6O2. The van der Waals surface area contributed by atoms with E-state index >= 15 is 0 Å². The van der Waals surface area contributed by atoms with Crippen LogP contribution in [0.4, 0.5) is 22.7 Å². The highest BCUT2D eigenvalue weighted by Crippen LogP contribution is 2.37. The molecule has 0 atom stereocenters. The van der Waals surface area contributed by atoms with E-state index in [1.807, 2.05) is 12.1 Å². The second-order valence-electron chi connectivity index (χ2n) is 7.53. The maximum atomic E-state index is 12.3. The molecule has 4 aromatic rings. The average Bonchev–Trinajstić information content (AvgIpc) is 2.84. The van der Waals surface area contributed by atoms with Gasteiger partial charge < -0.3 is 20.7 Å². The quantitative estimate of drug-likeness (QED) is 0.377. The van der Waals surface area contributed by atoms with E-state index in [9.17, 15) is 10.1 Å². The molecule has 0 aliphatic heterocycles. The van der Waals surface area contributed by atoms with Gasteiger partial charge in [0.05, 0.1) is 46.8 Å². The number of hydrogen-bond acceptors (Lipinski definition) is 7. The van der Waals surface area contributed by atoms with Crippen molar-refractivity contribution in [3.05, 3.63) is 77.2 Å². The number of fused-ring (bicyclic) bond motifs is 1. The van der Waals surface area contributed by atoms with Crippen LogP contribution in [0, 0.1) is 11.3 Å². The van der Waals surface area contributed by atoms with Gasteiger partial charge in [0.1, 0.15) is 11.8 Å². The molecule has 4 rings (SSSR count). The van der Waals surface area contributed by atoms with Gasteiger partial charge in [-0.15, -0.1) is 0 Å². The maximum Gasteiger partial charge on any atom is 0.224 e. The Labute approximate surface area is 201 Å². The first-order chi connectivity index (χ1) is 16.4. The number of carbonyl (C=O) groups excluding carboxylic acids is 1. The molecule has 2 aromatic carbocycles. The third-order valence-corrected chi connectivity index (χ3v) is 5.62. The zero-order valence-electron chi connectivity index (χ0n) is 18.5. The molecule has 0 fully saturated rings. The number of halogens is 1. The number of nitrogens with two attached hydrogens (primary N) is 1. The molecule has 0 saturated heterocycles. The molecule has 9 heteroatoms. The van der Waals surface area contributed by atoms with E-state index in [1.54, 1.807) is 47.6 Å². The summed E-state index contributed by atoms with van der Waals surface area (Å²) in [5.74, 6) is 0.368. The molecule has 0 saturated carbocycles. The van der Waals surface area contributed by atoms with Gasteiger partial charge >= 0.3 is 0 Å². The fourth-order valence-electron chi connectivity index (χ4n) is 3.60. The van der Waals surface area contributed by atoms with Gasteiger partial charge in [-0.3, -0.25) is 14.8 Å². The largest absolute Gasteiger partial charge is 0.495 e.